The van der Waals surface area contributed by atoms with Crippen LogP contribution in [0.25, 0.3) is 0 Å². The number of esters is 1. The molecule has 0 heterocycles. The average molecular weight is 363 g/mol. The molecule has 1 atom stereocenters. The SMILES string of the molecule is COC(=O)[C@@H](Cc1cccc(I)c1)NC(=O)CO. The fourth-order valence-corrected chi connectivity index (χ4v) is 2.08. The van der Waals surface area contributed by atoms with Gasteiger partial charge in [0.05, 0.1) is 7.11 Å². The Kier molecular flexibility index (Phi) is 6.06. The maximum Gasteiger partial charge on any atom is 0.328 e. The van der Waals surface area contributed by atoms with Gasteiger partial charge in [0, 0.05) is 9.99 Å². The van der Waals surface area contributed by atoms with Crippen LogP contribution in [-0.4, -0.2) is 36.7 Å². The van der Waals surface area contributed by atoms with E-state index < -0.39 is 24.5 Å². The van der Waals surface area contributed by atoms with E-state index in [0.717, 1.165) is 9.13 Å². The van der Waals surface area contributed by atoms with Crippen molar-refractivity contribution < 1.29 is 19.4 Å². The number of amides is 1. The fraction of sp³-hybridized carbons (Fsp3) is 0.333. The van der Waals surface area contributed by atoms with Gasteiger partial charge in [-0.05, 0) is 40.3 Å². The molecule has 0 bridgehead atoms. The molecule has 1 aromatic rings. The van der Waals surface area contributed by atoms with Crippen LogP contribution in [0.4, 0.5) is 0 Å². The summed E-state index contributed by atoms with van der Waals surface area (Å²) in [5.74, 6) is -1.13. The third kappa shape index (κ3) is 4.61. The third-order valence-electron chi connectivity index (χ3n) is 2.29. The van der Waals surface area contributed by atoms with Crippen molar-refractivity contribution in [3.63, 3.8) is 0 Å². The number of carbonyl (C=O) groups excluding carboxylic acids is 2. The normalized spacial score (nSPS) is 11.7. The molecule has 0 saturated carbocycles. The second-order valence-electron chi connectivity index (χ2n) is 3.64. The zero-order valence-corrected chi connectivity index (χ0v) is 12.0. The third-order valence-corrected chi connectivity index (χ3v) is 2.96. The van der Waals surface area contributed by atoms with Gasteiger partial charge in [-0.25, -0.2) is 4.79 Å². The summed E-state index contributed by atoms with van der Waals surface area (Å²) in [5, 5.41) is 11.1. The molecule has 6 heteroatoms. The molecule has 0 spiro atoms. The van der Waals surface area contributed by atoms with E-state index in [1.807, 2.05) is 24.3 Å². The van der Waals surface area contributed by atoms with E-state index in [1.54, 1.807) is 0 Å². The summed E-state index contributed by atoms with van der Waals surface area (Å²) in [7, 11) is 1.26. The summed E-state index contributed by atoms with van der Waals surface area (Å²) in [6.07, 6.45) is 0.329. The minimum absolute atomic E-state index is 0.329. The monoisotopic (exact) mass is 363 g/mol. The largest absolute Gasteiger partial charge is 0.467 e. The van der Waals surface area contributed by atoms with Crippen molar-refractivity contribution in [2.45, 2.75) is 12.5 Å². The van der Waals surface area contributed by atoms with E-state index in [1.165, 1.54) is 7.11 Å². The molecule has 1 amide bonds. The second kappa shape index (κ2) is 7.32. The van der Waals surface area contributed by atoms with Gasteiger partial charge in [-0.3, -0.25) is 4.79 Å². The number of hydrogen-bond acceptors (Lipinski definition) is 4. The van der Waals surface area contributed by atoms with Crippen LogP contribution in [0.5, 0.6) is 0 Å². The molecule has 0 aliphatic carbocycles. The predicted molar refractivity (Wildman–Crippen MR) is 73.9 cm³/mol. The minimum atomic E-state index is -0.784. The van der Waals surface area contributed by atoms with Gasteiger partial charge in [-0.2, -0.15) is 0 Å². The van der Waals surface area contributed by atoms with E-state index in [-0.39, 0.29) is 0 Å². The van der Waals surface area contributed by atoms with Gasteiger partial charge in [0.1, 0.15) is 12.6 Å². The van der Waals surface area contributed by atoms with Crippen molar-refractivity contribution in [2.24, 2.45) is 0 Å². The molecule has 1 aromatic carbocycles. The molecule has 0 fully saturated rings. The van der Waals surface area contributed by atoms with Crippen LogP contribution in [0.2, 0.25) is 0 Å². The molecule has 0 unspecified atom stereocenters. The van der Waals surface area contributed by atoms with Gasteiger partial charge < -0.3 is 15.2 Å². The van der Waals surface area contributed by atoms with Crippen LogP contribution >= 0.6 is 22.6 Å². The van der Waals surface area contributed by atoms with E-state index >= 15 is 0 Å². The Morgan fingerprint density at radius 1 is 1.50 bits per heavy atom. The van der Waals surface area contributed by atoms with E-state index in [4.69, 9.17) is 5.11 Å². The summed E-state index contributed by atoms with van der Waals surface area (Å²) in [6, 6.07) is 6.81. The van der Waals surface area contributed by atoms with E-state index in [2.05, 4.69) is 32.6 Å². The van der Waals surface area contributed by atoms with Crippen molar-refractivity contribution in [1.29, 1.82) is 0 Å². The highest BCUT2D eigenvalue weighted by Gasteiger charge is 2.21. The number of benzene rings is 1. The molecule has 0 aromatic heterocycles. The smallest absolute Gasteiger partial charge is 0.328 e. The van der Waals surface area contributed by atoms with E-state index in [9.17, 15) is 9.59 Å². The van der Waals surface area contributed by atoms with Gasteiger partial charge in [0.15, 0.2) is 0 Å². The van der Waals surface area contributed by atoms with Gasteiger partial charge in [-0.1, -0.05) is 12.1 Å². The van der Waals surface area contributed by atoms with E-state index in [0.29, 0.717) is 6.42 Å². The summed E-state index contributed by atoms with van der Waals surface area (Å²) < 4.78 is 5.67. The number of methoxy groups -OCH3 is 1. The minimum Gasteiger partial charge on any atom is -0.467 e. The number of halogens is 1. The molecule has 98 valence electrons. The zero-order valence-electron chi connectivity index (χ0n) is 9.85. The second-order valence-corrected chi connectivity index (χ2v) is 4.88. The molecule has 0 saturated heterocycles. The number of aliphatic hydroxyl groups excluding tert-OH is 1. The molecule has 0 radical (unpaired) electrons. The van der Waals surface area contributed by atoms with Crippen molar-refractivity contribution in [3.8, 4) is 0 Å². The van der Waals surface area contributed by atoms with Gasteiger partial charge in [0.25, 0.3) is 0 Å². The van der Waals surface area contributed by atoms with Gasteiger partial charge >= 0.3 is 5.97 Å². The summed E-state index contributed by atoms with van der Waals surface area (Å²) in [4.78, 5) is 22.7. The Hall–Kier alpha value is -1.15. The Morgan fingerprint density at radius 3 is 2.78 bits per heavy atom. The summed E-state index contributed by atoms with van der Waals surface area (Å²) >= 11 is 2.17. The van der Waals surface area contributed by atoms with Gasteiger partial charge in [0.2, 0.25) is 5.91 Å². The van der Waals surface area contributed by atoms with Crippen LogP contribution in [-0.2, 0) is 20.7 Å². The van der Waals surface area contributed by atoms with Crippen molar-refractivity contribution in [3.05, 3.63) is 33.4 Å². The highest BCUT2D eigenvalue weighted by Crippen LogP contribution is 2.10. The first-order valence-corrected chi connectivity index (χ1v) is 6.37. The van der Waals surface area contributed by atoms with Crippen molar-refractivity contribution in [1.82, 2.24) is 5.32 Å². The highest BCUT2D eigenvalue weighted by atomic mass is 127. The molecule has 5 nitrogen and oxygen atoms in total. The number of nitrogens with one attached hydrogen (secondary N) is 1. The lowest BCUT2D eigenvalue weighted by molar-refractivity contribution is -0.145. The molecule has 18 heavy (non-hydrogen) atoms. The van der Waals surface area contributed by atoms with Crippen LogP contribution in [0.1, 0.15) is 5.56 Å². The van der Waals surface area contributed by atoms with Crippen molar-refractivity contribution >= 4 is 34.5 Å². The van der Waals surface area contributed by atoms with Crippen LogP contribution in [0, 0.1) is 3.57 Å². The number of carbonyl (C=O) groups is 2. The molecular weight excluding hydrogens is 349 g/mol. The van der Waals surface area contributed by atoms with Gasteiger partial charge in [-0.15, -0.1) is 0 Å². The first-order valence-electron chi connectivity index (χ1n) is 5.29. The number of ether oxygens (including phenoxy) is 1. The first-order chi connectivity index (χ1) is 8.56. The zero-order chi connectivity index (χ0) is 13.5. The summed E-state index contributed by atoms with van der Waals surface area (Å²) in [5.41, 5.74) is 0.913. The fourth-order valence-electron chi connectivity index (χ4n) is 1.48. The Labute approximate surface area is 119 Å². The first kappa shape index (κ1) is 14.9. The number of hydrogen-bond donors (Lipinski definition) is 2. The maximum atomic E-state index is 11.5. The van der Waals surface area contributed by atoms with Crippen LogP contribution in [0.3, 0.4) is 0 Å². The maximum absolute atomic E-state index is 11.5. The van der Waals surface area contributed by atoms with Crippen molar-refractivity contribution in [2.75, 3.05) is 13.7 Å². The molecular formula is C12H14INO4. The lowest BCUT2D eigenvalue weighted by Gasteiger charge is -2.16. The average Bonchev–Trinajstić information content (AvgIpc) is 2.36. The highest BCUT2D eigenvalue weighted by molar-refractivity contribution is 14.1. The lowest BCUT2D eigenvalue weighted by atomic mass is 10.1. The number of aliphatic hydroxyl groups is 1. The lowest BCUT2D eigenvalue weighted by Crippen LogP contribution is -2.44. The molecule has 0 aliphatic heterocycles. The predicted octanol–water partition coefficient (Wildman–Crippen LogP) is 0.484. The number of rotatable bonds is 5. The molecule has 2 N–H and O–H groups in total. The Bertz CT molecular complexity index is 436. The molecule has 1 rings (SSSR count). The standard InChI is InChI=1S/C12H14INO4/c1-18-12(17)10(14-11(16)7-15)6-8-3-2-4-9(13)5-8/h2-5,10,15H,6-7H2,1H3,(H,14,16)/t10-/m1/s1. The Balaban J connectivity index is 2.78. The molecule has 0 aliphatic rings. The topological polar surface area (TPSA) is 75.6 Å². The Morgan fingerprint density at radius 2 is 2.22 bits per heavy atom. The summed E-state index contributed by atoms with van der Waals surface area (Å²) in [6.45, 7) is -0.653. The quantitative estimate of drug-likeness (QED) is 0.590. The van der Waals surface area contributed by atoms with Crippen LogP contribution in [0.15, 0.2) is 24.3 Å². The van der Waals surface area contributed by atoms with Crippen LogP contribution < -0.4 is 5.32 Å².